The Bertz CT molecular complexity index is 700. The van der Waals surface area contributed by atoms with Crippen LogP contribution >= 0.6 is 0 Å². The van der Waals surface area contributed by atoms with Crippen molar-refractivity contribution in [1.29, 1.82) is 0 Å². The number of halogens is 1. The number of benzene rings is 2. The molecule has 0 aliphatic heterocycles. The van der Waals surface area contributed by atoms with Crippen LogP contribution in [-0.4, -0.2) is 32.7 Å². The summed E-state index contributed by atoms with van der Waals surface area (Å²) in [6, 6.07) is 12.3. The maximum absolute atomic E-state index is 13.2. The zero-order valence-electron chi connectivity index (χ0n) is 12.8. The SMILES string of the molecule is COC(=O)CN(c1ccc(F)cc1)c1ccccc1C(=O)OC. The highest BCUT2D eigenvalue weighted by molar-refractivity contribution is 5.97. The van der Waals surface area contributed by atoms with Gasteiger partial charge in [0.2, 0.25) is 0 Å². The van der Waals surface area contributed by atoms with Gasteiger partial charge in [0.25, 0.3) is 0 Å². The Hall–Kier alpha value is -2.89. The van der Waals surface area contributed by atoms with Gasteiger partial charge in [0.15, 0.2) is 0 Å². The van der Waals surface area contributed by atoms with Gasteiger partial charge in [0.05, 0.1) is 25.5 Å². The van der Waals surface area contributed by atoms with Crippen molar-refractivity contribution in [2.45, 2.75) is 0 Å². The number of hydrogen-bond donors (Lipinski definition) is 0. The van der Waals surface area contributed by atoms with Crippen molar-refractivity contribution in [2.24, 2.45) is 0 Å². The fourth-order valence-corrected chi connectivity index (χ4v) is 2.12. The van der Waals surface area contributed by atoms with E-state index in [2.05, 4.69) is 0 Å². The number of hydrogen-bond acceptors (Lipinski definition) is 5. The number of esters is 2. The van der Waals surface area contributed by atoms with Crippen LogP contribution in [0.3, 0.4) is 0 Å². The summed E-state index contributed by atoms with van der Waals surface area (Å²) < 4.78 is 22.6. The topological polar surface area (TPSA) is 55.8 Å². The highest BCUT2D eigenvalue weighted by atomic mass is 19.1. The molecule has 2 rings (SSSR count). The van der Waals surface area contributed by atoms with E-state index in [-0.39, 0.29) is 6.54 Å². The third kappa shape index (κ3) is 3.85. The molecule has 120 valence electrons. The Balaban J connectivity index is 2.51. The van der Waals surface area contributed by atoms with Crippen LogP contribution in [0.15, 0.2) is 48.5 Å². The van der Waals surface area contributed by atoms with Crippen LogP contribution in [0.2, 0.25) is 0 Å². The monoisotopic (exact) mass is 317 g/mol. The average molecular weight is 317 g/mol. The van der Waals surface area contributed by atoms with Gasteiger partial charge in [0.1, 0.15) is 12.4 Å². The Morgan fingerprint density at radius 1 is 1.00 bits per heavy atom. The van der Waals surface area contributed by atoms with Crippen molar-refractivity contribution < 1.29 is 23.5 Å². The number of anilines is 2. The van der Waals surface area contributed by atoms with Crippen LogP contribution in [0.1, 0.15) is 10.4 Å². The van der Waals surface area contributed by atoms with Gasteiger partial charge in [-0.15, -0.1) is 0 Å². The Morgan fingerprint density at radius 2 is 1.65 bits per heavy atom. The molecule has 0 N–H and O–H groups in total. The number of methoxy groups -OCH3 is 2. The van der Waals surface area contributed by atoms with Crippen LogP contribution in [0, 0.1) is 5.82 Å². The van der Waals surface area contributed by atoms with E-state index in [1.165, 1.54) is 38.5 Å². The summed E-state index contributed by atoms with van der Waals surface area (Å²) in [7, 11) is 2.55. The van der Waals surface area contributed by atoms with E-state index in [0.717, 1.165) is 0 Å². The van der Waals surface area contributed by atoms with E-state index in [1.54, 1.807) is 29.2 Å². The quantitative estimate of drug-likeness (QED) is 0.794. The van der Waals surface area contributed by atoms with Gasteiger partial charge in [0, 0.05) is 5.69 Å². The molecule has 2 aromatic carbocycles. The highest BCUT2D eigenvalue weighted by Gasteiger charge is 2.20. The molecular weight excluding hydrogens is 301 g/mol. The minimum Gasteiger partial charge on any atom is -0.468 e. The van der Waals surface area contributed by atoms with Crippen LogP contribution in [0.25, 0.3) is 0 Å². The van der Waals surface area contributed by atoms with Crippen molar-refractivity contribution in [3.05, 3.63) is 59.9 Å². The number of carbonyl (C=O) groups excluding carboxylic acids is 2. The largest absolute Gasteiger partial charge is 0.468 e. The summed E-state index contributed by atoms with van der Waals surface area (Å²) in [5.41, 5.74) is 1.31. The van der Waals surface area contributed by atoms with Gasteiger partial charge in [-0.05, 0) is 36.4 Å². The molecule has 5 nitrogen and oxygen atoms in total. The Morgan fingerprint density at radius 3 is 2.26 bits per heavy atom. The van der Waals surface area contributed by atoms with Crippen LogP contribution in [0.4, 0.5) is 15.8 Å². The zero-order chi connectivity index (χ0) is 16.8. The van der Waals surface area contributed by atoms with Gasteiger partial charge in [-0.3, -0.25) is 4.79 Å². The lowest BCUT2D eigenvalue weighted by molar-refractivity contribution is -0.138. The van der Waals surface area contributed by atoms with Crippen molar-refractivity contribution >= 4 is 23.3 Å². The van der Waals surface area contributed by atoms with Crippen molar-refractivity contribution in [1.82, 2.24) is 0 Å². The first-order chi connectivity index (χ1) is 11.1. The first-order valence-corrected chi connectivity index (χ1v) is 6.84. The van der Waals surface area contributed by atoms with E-state index >= 15 is 0 Å². The lowest BCUT2D eigenvalue weighted by Gasteiger charge is -2.25. The molecule has 0 atom stereocenters. The molecule has 0 saturated heterocycles. The Labute approximate surface area is 133 Å². The number of ether oxygens (including phenoxy) is 2. The summed E-state index contributed by atoms with van der Waals surface area (Å²) in [5.74, 6) is -1.42. The van der Waals surface area contributed by atoms with E-state index in [1.807, 2.05) is 0 Å². The third-order valence-electron chi connectivity index (χ3n) is 3.25. The third-order valence-corrected chi connectivity index (χ3v) is 3.25. The van der Waals surface area contributed by atoms with Crippen LogP contribution in [0.5, 0.6) is 0 Å². The molecule has 0 heterocycles. The molecule has 0 aromatic heterocycles. The zero-order valence-corrected chi connectivity index (χ0v) is 12.8. The van der Waals surface area contributed by atoms with Gasteiger partial charge < -0.3 is 14.4 Å². The molecule has 2 aromatic rings. The summed E-state index contributed by atoms with van der Waals surface area (Å²) in [4.78, 5) is 25.3. The van der Waals surface area contributed by atoms with E-state index in [4.69, 9.17) is 9.47 Å². The van der Waals surface area contributed by atoms with E-state index < -0.39 is 17.8 Å². The molecular formula is C17H16FNO4. The standard InChI is InChI=1S/C17H16FNO4/c1-22-16(20)11-19(13-9-7-12(18)8-10-13)15-6-4-3-5-14(15)17(21)23-2/h3-10H,11H2,1-2H3. The summed E-state index contributed by atoms with van der Waals surface area (Å²) in [6.45, 7) is -0.129. The normalized spacial score (nSPS) is 10.0. The lowest BCUT2D eigenvalue weighted by Crippen LogP contribution is -2.27. The molecule has 0 saturated carbocycles. The second-order valence-electron chi connectivity index (χ2n) is 4.65. The minimum absolute atomic E-state index is 0.129. The van der Waals surface area contributed by atoms with Crippen molar-refractivity contribution in [3.63, 3.8) is 0 Å². The first kappa shape index (κ1) is 16.5. The number of carbonyl (C=O) groups is 2. The fourth-order valence-electron chi connectivity index (χ4n) is 2.12. The summed E-state index contributed by atoms with van der Waals surface area (Å²) >= 11 is 0. The molecule has 0 aliphatic carbocycles. The molecule has 0 amide bonds. The van der Waals surface area contributed by atoms with Gasteiger partial charge in [-0.25, -0.2) is 9.18 Å². The fraction of sp³-hybridized carbons (Fsp3) is 0.176. The highest BCUT2D eigenvalue weighted by Crippen LogP contribution is 2.29. The maximum Gasteiger partial charge on any atom is 0.339 e. The maximum atomic E-state index is 13.2. The molecule has 0 aliphatic rings. The second-order valence-corrected chi connectivity index (χ2v) is 4.65. The lowest BCUT2D eigenvalue weighted by atomic mass is 10.1. The number of nitrogens with zero attached hydrogens (tertiary/aromatic N) is 1. The molecule has 0 bridgehead atoms. The minimum atomic E-state index is -0.530. The molecule has 6 heteroatoms. The van der Waals surface area contributed by atoms with E-state index in [9.17, 15) is 14.0 Å². The number of para-hydroxylation sites is 1. The summed E-state index contributed by atoms with van der Waals surface area (Å²) in [6.07, 6.45) is 0. The van der Waals surface area contributed by atoms with Gasteiger partial charge in [-0.1, -0.05) is 12.1 Å². The molecule has 0 radical (unpaired) electrons. The van der Waals surface area contributed by atoms with Gasteiger partial charge in [-0.2, -0.15) is 0 Å². The summed E-state index contributed by atoms with van der Waals surface area (Å²) in [5, 5.41) is 0. The smallest absolute Gasteiger partial charge is 0.339 e. The second kappa shape index (κ2) is 7.40. The van der Waals surface area contributed by atoms with E-state index in [0.29, 0.717) is 16.9 Å². The van der Waals surface area contributed by atoms with Crippen molar-refractivity contribution in [3.8, 4) is 0 Å². The van der Waals surface area contributed by atoms with Crippen LogP contribution < -0.4 is 4.90 Å². The molecule has 0 fully saturated rings. The van der Waals surface area contributed by atoms with Crippen LogP contribution in [-0.2, 0) is 14.3 Å². The Kier molecular flexibility index (Phi) is 5.30. The molecule has 0 unspecified atom stereocenters. The predicted octanol–water partition coefficient (Wildman–Crippen LogP) is 2.92. The van der Waals surface area contributed by atoms with Crippen molar-refractivity contribution in [2.75, 3.05) is 25.7 Å². The van der Waals surface area contributed by atoms with Gasteiger partial charge >= 0.3 is 11.9 Å². The predicted molar refractivity (Wildman–Crippen MR) is 83.2 cm³/mol. The first-order valence-electron chi connectivity index (χ1n) is 6.84. The molecule has 23 heavy (non-hydrogen) atoms. The average Bonchev–Trinajstić information content (AvgIpc) is 2.59. The number of rotatable bonds is 5. The molecule has 0 spiro atoms.